The summed E-state index contributed by atoms with van der Waals surface area (Å²) in [6, 6.07) is 10.3. The minimum atomic E-state index is -0.128. The largest absolute Gasteiger partial charge is 0.297 e. The molecule has 0 saturated carbocycles. The molecule has 0 radical (unpaired) electrons. The Morgan fingerprint density at radius 3 is 2.61 bits per heavy atom. The molecule has 0 bridgehead atoms. The van der Waals surface area contributed by atoms with E-state index in [1.165, 1.54) is 22.2 Å². The second kappa shape index (κ2) is 12.8. The van der Waals surface area contributed by atoms with Gasteiger partial charge in [-0.1, -0.05) is 85.0 Å². The van der Waals surface area contributed by atoms with Crippen molar-refractivity contribution < 1.29 is 0 Å². The van der Waals surface area contributed by atoms with E-state index in [0.717, 1.165) is 62.7 Å². The summed E-state index contributed by atoms with van der Waals surface area (Å²) >= 11 is 5.74. The molecular formula is C29H35ClN6. The summed E-state index contributed by atoms with van der Waals surface area (Å²) in [7, 11) is 0. The van der Waals surface area contributed by atoms with Crippen molar-refractivity contribution in [1.29, 1.82) is 0 Å². The molecule has 6 nitrogen and oxygen atoms in total. The third kappa shape index (κ3) is 6.38. The molecule has 0 N–H and O–H groups in total. The maximum atomic E-state index is 5.74. The fourth-order valence-electron chi connectivity index (χ4n) is 4.91. The Labute approximate surface area is 219 Å². The fraction of sp³-hybridized carbons (Fsp3) is 0.345. The molecule has 188 valence electrons. The molecule has 1 aromatic heterocycles. The number of aromatic nitrogens is 4. The monoisotopic (exact) mass is 502 g/mol. The zero-order valence-electron chi connectivity index (χ0n) is 21.2. The Bertz CT molecular complexity index is 1180. The lowest BCUT2D eigenvalue weighted by Gasteiger charge is -2.39. The van der Waals surface area contributed by atoms with Gasteiger partial charge in [0.2, 0.25) is 0 Å². The topological polar surface area (TPSA) is 50.1 Å². The summed E-state index contributed by atoms with van der Waals surface area (Å²) in [4.78, 5) is 4.92. The van der Waals surface area contributed by atoms with Crippen LogP contribution in [0.15, 0.2) is 89.5 Å². The number of rotatable bonds is 9. The number of benzene rings is 1. The van der Waals surface area contributed by atoms with Crippen molar-refractivity contribution in [1.82, 2.24) is 30.0 Å². The van der Waals surface area contributed by atoms with Gasteiger partial charge in [0.25, 0.3) is 0 Å². The summed E-state index contributed by atoms with van der Waals surface area (Å²) in [5.41, 5.74) is 7.29. The maximum absolute atomic E-state index is 5.74. The molecule has 1 aliphatic heterocycles. The van der Waals surface area contributed by atoms with Gasteiger partial charge in [-0.05, 0) is 59.4 Å². The highest BCUT2D eigenvalue weighted by molar-refractivity contribution is 6.25. The molecule has 1 aliphatic carbocycles. The van der Waals surface area contributed by atoms with Crippen molar-refractivity contribution in [2.75, 3.05) is 32.7 Å². The number of hydrogen-bond donors (Lipinski definition) is 0. The van der Waals surface area contributed by atoms with E-state index in [0.29, 0.717) is 0 Å². The summed E-state index contributed by atoms with van der Waals surface area (Å²) in [5.74, 6) is 0.806. The van der Waals surface area contributed by atoms with Gasteiger partial charge in [0, 0.05) is 38.3 Å². The van der Waals surface area contributed by atoms with Crippen LogP contribution in [0.25, 0.3) is 11.8 Å². The SMILES string of the molecule is C=C(/C=C\C=C\Cl)[C@H](c1nnnn1C1=C(C)CCC=C1C)N1CCN(C/C=C/c2ccccc2)CC1. The van der Waals surface area contributed by atoms with E-state index in [4.69, 9.17) is 11.6 Å². The molecule has 1 fully saturated rings. The first-order chi connectivity index (χ1) is 17.6. The highest BCUT2D eigenvalue weighted by Crippen LogP contribution is 2.33. The van der Waals surface area contributed by atoms with Crippen molar-refractivity contribution in [3.8, 4) is 0 Å². The smallest absolute Gasteiger partial charge is 0.178 e. The van der Waals surface area contributed by atoms with Crippen LogP contribution in [0, 0.1) is 0 Å². The molecule has 36 heavy (non-hydrogen) atoms. The first kappa shape index (κ1) is 26.0. The van der Waals surface area contributed by atoms with Crippen LogP contribution in [0.4, 0.5) is 0 Å². The van der Waals surface area contributed by atoms with E-state index in [1.807, 2.05) is 22.9 Å². The predicted molar refractivity (Wildman–Crippen MR) is 149 cm³/mol. The van der Waals surface area contributed by atoms with E-state index in [9.17, 15) is 0 Å². The van der Waals surface area contributed by atoms with E-state index in [1.54, 1.807) is 6.08 Å². The van der Waals surface area contributed by atoms with E-state index < -0.39 is 0 Å². The normalized spacial score (nSPS) is 19.0. The van der Waals surface area contributed by atoms with Crippen molar-refractivity contribution in [3.05, 3.63) is 101 Å². The Kier molecular flexibility index (Phi) is 9.23. The first-order valence-electron chi connectivity index (χ1n) is 12.5. The number of hydrogen-bond acceptors (Lipinski definition) is 5. The quantitative estimate of drug-likeness (QED) is 0.401. The van der Waals surface area contributed by atoms with Crippen LogP contribution in [-0.2, 0) is 0 Å². The Balaban J connectivity index is 1.52. The second-order valence-electron chi connectivity index (χ2n) is 9.31. The molecule has 2 aliphatic rings. The highest BCUT2D eigenvalue weighted by atomic mass is 35.5. The third-order valence-corrected chi connectivity index (χ3v) is 6.93. The summed E-state index contributed by atoms with van der Waals surface area (Å²) < 4.78 is 1.93. The van der Waals surface area contributed by atoms with Crippen LogP contribution >= 0.6 is 11.6 Å². The van der Waals surface area contributed by atoms with Crippen LogP contribution in [0.5, 0.6) is 0 Å². The van der Waals surface area contributed by atoms with Gasteiger partial charge in [-0.15, -0.1) is 5.10 Å². The lowest BCUT2D eigenvalue weighted by Crippen LogP contribution is -2.48. The average molecular weight is 503 g/mol. The van der Waals surface area contributed by atoms with E-state index in [2.05, 4.69) is 88.2 Å². The van der Waals surface area contributed by atoms with Crippen molar-refractivity contribution in [2.24, 2.45) is 0 Å². The Morgan fingerprint density at radius 2 is 1.89 bits per heavy atom. The number of nitrogens with zero attached hydrogens (tertiary/aromatic N) is 6. The Morgan fingerprint density at radius 1 is 1.11 bits per heavy atom. The molecule has 0 amide bonds. The van der Waals surface area contributed by atoms with Gasteiger partial charge in [0.15, 0.2) is 5.82 Å². The van der Waals surface area contributed by atoms with E-state index in [-0.39, 0.29) is 6.04 Å². The van der Waals surface area contributed by atoms with Gasteiger partial charge >= 0.3 is 0 Å². The summed E-state index contributed by atoms with van der Waals surface area (Å²) in [6.07, 6.45) is 14.5. The van der Waals surface area contributed by atoms with Crippen LogP contribution in [0.2, 0.25) is 0 Å². The Hall–Kier alpha value is -3.06. The summed E-state index contributed by atoms with van der Waals surface area (Å²) in [5, 5.41) is 13.1. The third-order valence-electron chi connectivity index (χ3n) is 6.79. The molecule has 0 spiro atoms. The molecule has 4 rings (SSSR count). The molecule has 2 heterocycles. The second-order valence-corrected chi connectivity index (χ2v) is 9.56. The molecule has 7 heteroatoms. The first-order valence-corrected chi connectivity index (χ1v) is 13.0. The fourth-order valence-corrected chi connectivity index (χ4v) is 4.99. The van der Waals surface area contributed by atoms with Crippen molar-refractivity contribution in [2.45, 2.75) is 32.7 Å². The number of halogens is 1. The van der Waals surface area contributed by atoms with Crippen LogP contribution in [0.3, 0.4) is 0 Å². The maximum Gasteiger partial charge on any atom is 0.178 e. The van der Waals surface area contributed by atoms with Gasteiger partial charge in [-0.3, -0.25) is 9.80 Å². The number of tetrazole rings is 1. The molecular weight excluding hydrogens is 468 g/mol. The molecule has 1 aromatic carbocycles. The lowest BCUT2D eigenvalue weighted by atomic mass is 9.97. The van der Waals surface area contributed by atoms with Gasteiger partial charge in [-0.2, -0.15) is 4.68 Å². The number of piperazine rings is 1. The van der Waals surface area contributed by atoms with Crippen molar-refractivity contribution in [3.63, 3.8) is 0 Å². The van der Waals surface area contributed by atoms with Crippen LogP contribution < -0.4 is 0 Å². The number of allylic oxidation sites excluding steroid dienone is 6. The minimum absolute atomic E-state index is 0.128. The van der Waals surface area contributed by atoms with Crippen LogP contribution in [-0.4, -0.2) is 62.7 Å². The van der Waals surface area contributed by atoms with Crippen LogP contribution in [0.1, 0.15) is 44.1 Å². The molecule has 2 aromatic rings. The average Bonchev–Trinajstić information content (AvgIpc) is 3.34. The summed E-state index contributed by atoms with van der Waals surface area (Å²) in [6.45, 7) is 13.4. The van der Waals surface area contributed by atoms with E-state index >= 15 is 0 Å². The lowest BCUT2D eigenvalue weighted by molar-refractivity contribution is 0.113. The highest BCUT2D eigenvalue weighted by Gasteiger charge is 2.31. The van der Waals surface area contributed by atoms with Gasteiger partial charge in [0.05, 0.1) is 11.7 Å². The minimum Gasteiger partial charge on any atom is -0.297 e. The molecule has 1 atom stereocenters. The zero-order chi connectivity index (χ0) is 25.3. The van der Waals surface area contributed by atoms with Gasteiger partial charge in [-0.25, -0.2) is 0 Å². The van der Waals surface area contributed by atoms with Gasteiger partial charge in [0.1, 0.15) is 0 Å². The predicted octanol–water partition coefficient (Wildman–Crippen LogP) is 5.88. The molecule has 0 unspecified atom stereocenters. The molecule has 1 saturated heterocycles. The van der Waals surface area contributed by atoms with Gasteiger partial charge < -0.3 is 0 Å². The zero-order valence-corrected chi connectivity index (χ0v) is 22.0. The van der Waals surface area contributed by atoms with Crippen molar-refractivity contribution >= 4 is 23.4 Å². The standard InChI is InChI=1S/C29H35ClN6/c1-23-12-9-13-24(2)27(23)36-29(31-32-33-36)28(25(3)11-7-8-17-30)35-21-19-34(20-22-35)18-10-16-26-14-5-4-6-15-26/h4-8,10-12,14-17,28H,3,9,13,18-22H2,1-2H3/b11-7-,16-10+,17-8+/t28-/m1/s1.